The molecule has 5 heteroatoms. The van der Waals surface area contributed by atoms with Crippen molar-refractivity contribution >= 4 is 5.78 Å². The van der Waals surface area contributed by atoms with E-state index in [1.165, 1.54) is 11.1 Å². The molecule has 1 aromatic carbocycles. The van der Waals surface area contributed by atoms with E-state index in [2.05, 4.69) is 27.3 Å². The lowest BCUT2D eigenvalue weighted by Gasteiger charge is -2.11. The quantitative estimate of drug-likeness (QED) is 0.660. The van der Waals surface area contributed by atoms with Crippen LogP contribution >= 0.6 is 0 Å². The van der Waals surface area contributed by atoms with Crippen LogP contribution in [0.4, 0.5) is 0 Å². The van der Waals surface area contributed by atoms with Gasteiger partial charge in [0.05, 0.1) is 0 Å². The predicted molar refractivity (Wildman–Crippen MR) is 93.4 cm³/mol. The van der Waals surface area contributed by atoms with Crippen LogP contribution in [0.1, 0.15) is 53.1 Å². The maximum Gasteiger partial charge on any atom is 0.226 e. The molecule has 0 unspecified atom stereocenters. The van der Waals surface area contributed by atoms with Gasteiger partial charge in [-0.2, -0.15) is 4.98 Å². The largest absolute Gasteiger partial charge is 0.339 e. The Morgan fingerprint density at radius 3 is 2.84 bits per heavy atom. The van der Waals surface area contributed by atoms with E-state index in [0.717, 1.165) is 30.4 Å². The molecule has 5 nitrogen and oxygen atoms in total. The Morgan fingerprint density at radius 2 is 2.08 bits per heavy atom. The Balaban J connectivity index is 1.54. The van der Waals surface area contributed by atoms with Crippen molar-refractivity contribution in [2.45, 2.75) is 38.5 Å². The van der Waals surface area contributed by atoms with Crippen molar-refractivity contribution in [2.75, 3.05) is 0 Å². The molecule has 1 atom stereocenters. The Kier molecular flexibility index (Phi) is 4.14. The normalized spacial score (nSPS) is 16.0. The van der Waals surface area contributed by atoms with Crippen molar-refractivity contribution in [3.8, 4) is 11.4 Å². The van der Waals surface area contributed by atoms with E-state index >= 15 is 0 Å². The first kappa shape index (κ1) is 15.7. The smallest absolute Gasteiger partial charge is 0.226 e. The molecular weight excluding hydrogens is 314 g/mol. The van der Waals surface area contributed by atoms with E-state index in [4.69, 9.17) is 4.52 Å². The highest BCUT2D eigenvalue weighted by molar-refractivity contribution is 5.96. The highest BCUT2D eigenvalue weighted by atomic mass is 16.5. The zero-order valence-corrected chi connectivity index (χ0v) is 14.1. The Labute approximate surface area is 146 Å². The molecule has 1 aliphatic carbocycles. The van der Waals surface area contributed by atoms with Crippen molar-refractivity contribution in [1.29, 1.82) is 0 Å². The fourth-order valence-corrected chi connectivity index (χ4v) is 3.45. The Bertz CT molecular complexity index is 902. The summed E-state index contributed by atoms with van der Waals surface area (Å²) in [6, 6.07) is 9.84. The standard InChI is InChI=1S/C20H19N3O2/c1-2-19-22-20(23-25-19)16-5-6-17-14(11-16)3-4-15(17)12-18(24)13-7-9-21-10-8-13/h5-11,15H,2-4,12H2,1H3/t15-/m0/s1. The molecule has 2 aromatic heterocycles. The number of Topliss-reactive ketones (excluding diaryl/α,β-unsaturated/α-hetero) is 1. The van der Waals surface area contributed by atoms with Gasteiger partial charge < -0.3 is 4.52 Å². The van der Waals surface area contributed by atoms with Crippen LogP contribution in [0.3, 0.4) is 0 Å². The molecule has 0 aliphatic heterocycles. The molecule has 0 radical (unpaired) electrons. The SMILES string of the molecule is CCc1nc(-c2ccc3c(c2)CC[C@H]3CC(=O)c2ccncc2)no1. The molecule has 126 valence electrons. The van der Waals surface area contributed by atoms with Crippen LogP contribution in [0.5, 0.6) is 0 Å². The van der Waals surface area contributed by atoms with Crippen molar-refractivity contribution in [2.24, 2.45) is 0 Å². The lowest BCUT2D eigenvalue weighted by atomic mass is 9.93. The van der Waals surface area contributed by atoms with Crippen LogP contribution in [-0.4, -0.2) is 20.9 Å². The zero-order valence-electron chi connectivity index (χ0n) is 14.1. The monoisotopic (exact) mass is 333 g/mol. The topological polar surface area (TPSA) is 68.9 Å². The van der Waals surface area contributed by atoms with E-state index in [1.807, 2.05) is 13.0 Å². The highest BCUT2D eigenvalue weighted by Crippen LogP contribution is 2.38. The third-order valence-electron chi connectivity index (χ3n) is 4.81. The number of rotatable bonds is 5. The van der Waals surface area contributed by atoms with Gasteiger partial charge in [0.15, 0.2) is 5.78 Å². The van der Waals surface area contributed by atoms with Crippen molar-refractivity contribution in [3.05, 3.63) is 65.3 Å². The number of aryl methyl sites for hydroxylation is 2. The molecule has 4 rings (SSSR count). The zero-order chi connectivity index (χ0) is 17.2. The van der Waals surface area contributed by atoms with Crippen LogP contribution in [0.25, 0.3) is 11.4 Å². The van der Waals surface area contributed by atoms with Gasteiger partial charge in [-0.25, -0.2) is 0 Å². The van der Waals surface area contributed by atoms with Gasteiger partial charge in [-0.3, -0.25) is 9.78 Å². The van der Waals surface area contributed by atoms with E-state index < -0.39 is 0 Å². The summed E-state index contributed by atoms with van der Waals surface area (Å²) in [7, 11) is 0. The summed E-state index contributed by atoms with van der Waals surface area (Å²) in [6.45, 7) is 1.99. The number of fused-ring (bicyclic) bond motifs is 1. The molecule has 2 heterocycles. The molecule has 25 heavy (non-hydrogen) atoms. The summed E-state index contributed by atoms with van der Waals surface area (Å²) >= 11 is 0. The fraction of sp³-hybridized carbons (Fsp3) is 0.300. The molecule has 0 amide bonds. The van der Waals surface area contributed by atoms with Gasteiger partial charge in [0.2, 0.25) is 11.7 Å². The Morgan fingerprint density at radius 1 is 1.24 bits per heavy atom. The van der Waals surface area contributed by atoms with Crippen molar-refractivity contribution in [3.63, 3.8) is 0 Å². The first-order valence-electron chi connectivity index (χ1n) is 8.63. The second-order valence-electron chi connectivity index (χ2n) is 6.38. The summed E-state index contributed by atoms with van der Waals surface area (Å²) in [4.78, 5) is 20.8. The van der Waals surface area contributed by atoms with Gasteiger partial charge in [-0.1, -0.05) is 24.2 Å². The van der Waals surface area contributed by atoms with E-state index in [1.54, 1.807) is 24.5 Å². The van der Waals surface area contributed by atoms with Gasteiger partial charge in [0.1, 0.15) is 0 Å². The number of benzene rings is 1. The van der Waals surface area contributed by atoms with E-state index in [-0.39, 0.29) is 11.7 Å². The third-order valence-corrected chi connectivity index (χ3v) is 4.81. The second kappa shape index (κ2) is 6.59. The van der Waals surface area contributed by atoms with E-state index in [0.29, 0.717) is 18.1 Å². The lowest BCUT2D eigenvalue weighted by molar-refractivity contribution is 0.0973. The van der Waals surface area contributed by atoms with Crippen LogP contribution in [0.2, 0.25) is 0 Å². The molecule has 0 spiro atoms. The summed E-state index contributed by atoms with van der Waals surface area (Å²) in [5.41, 5.74) is 4.26. The fourth-order valence-electron chi connectivity index (χ4n) is 3.45. The molecule has 0 saturated carbocycles. The average molecular weight is 333 g/mol. The van der Waals surface area contributed by atoms with E-state index in [9.17, 15) is 4.79 Å². The second-order valence-corrected chi connectivity index (χ2v) is 6.38. The van der Waals surface area contributed by atoms with Crippen LogP contribution in [0.15, 0.2) is 47.2 Å². The molecular formula is C20H19N3O2. The minimum Gasteiger partial charge on any atom is -0.339 e. The predicted octanol–water partition coefficient (Wildman–Crippen LogP) is 4.00. The van der Waals surface area contributed by atoms with Crippen molar-refractivity contribution < 1.29 is 9.32 Å². The first-order chi connectivity index (χ1) is 12.2. The number of hydrogen-bond acceptors (Lipinski definition) is 5. The molecule has 0 saturated heterocycles. The number of hydrogen-bond donors (Lipinski definition) is 0. The molecule has 3 aromatic rings. The van der Waals surface area contributed by atoms with Gasteiger partial charge in [-0.15, -0.1) is 0 Å². The maximum absolute atomic E-state index is 12.5. The summed E-state index contributed by atoms with van der Waals surface area (Å²) in [5, 5.41) is 4.04. The van der Waals surface area contributed by atoms with Crippen LogP contribution in [-0.2, 0) is 12.8 Å². The van der Waals surface area contributed by atoms with Crippen molar-refractivity contribution in [1.82, 2.24) is 15.1 Å². The van der Waals surface area contributed by atoms with Gasteiger partial charge in [0.25, 0.3) is 0 Å². The molecule has 0 bridgehead atoms. The molecule has 0 N–H and O–H groups in total. The van der Waals surface area contributed by atoms with Gasteiger partial charge >= 0.3 is 0 Å². The lowest BCUT2D eigenvalue weighted by Crippen LogP contribution is -2.05. The van der Waals surface area contributed by atoms with Crippen LogP contribution in [0, 0.1) is 0 Å². The summed E-state index contributed by atoms with van der Waals surface area (Å²) in [6.07, 6.45) is 6.59. The highest BCUT2D eigenvalue weighted by Gasteiger charge is 2.26. The number of aromatic nitrogens is 3. The van der Waals surface area contributed by atoms with Gasteiger partial charge in [-0.05, 0) is 48.1 Å². The Hall–Kier alpha value is -2.82. The number of ketones is 1. The summed E-state index contributed by atoms with van der Waals surface area (Å²) < 4.78 is 5.20. The minimum absolute atomic E-state index is 0.176. The number of pyridine rings is 1. The minimum atomic E-state index is 0.176. The third kappa shape index (κ3) is 3.09. The number of carbonyl (C=O) groups is 1. The summed E-state index contributed by atoms with van der Waals surface area (Å²) in [5.74, 6) is 1.74. The number of carbonyl (C=O) groups excluding carboxylic acids is 1. The molecule has 0 fully saturated rings. The maximum atomic E-state index is 12.5. The number of nitrogens with zero attached hydrogens (tertiary/aromatic N) is 3. The first-order valence-corrected chi connectivity index (χ1v) is 8.63. The average Bonchev–Trinajstić information content (AvgIpc) is 3.29. The molecule has 1 aliphatic rings. The van der Waals surface area contributed by atoms with Gasteiger partial charge in [0, 0.05) is 36.4 Å². The van der Waals surface area contributed by atoms with Crippen LogP contribution < -0.4 is 0 Å².